The largest absolute Gasteiger partial charge is 0.496 e. The van der Waals surface area contributed by atoms with Gasteiger partial charge in [-0.3, -0.25) is 4.79 Å². The summed E-state index contributed by atoms with van der Waals surface area (Å²) >= 11 is 0. The lowest BCUT2D eigenvalue weighted by Crippen LogP contribution is -2.27. The van der Waals surface area contributed by atoms with Gasteiger partial charge in [-0.05, 0) is 55.3 Å². The molecule has 3 aromatic carbocycles. The summed E-state index contributed by atoms with van der Waals surface area (Å²) < 4.78 is 32.6. The maximum absolute atomic E-state index is 13.0. The van der Waals surface area contributed by atoms with E-state index in [1.165, 1.54) is 18.5 Å². The molecule has 168 valence electrons. The third kappa shape index (κ3) is 5.18. The van der Waals surface area contributed by atoms with Crippen LogP contribution in [0.5, 0.6) is 5.75 Å². The van der Waals surface area contributed by atoms with Gasteiger partial charge in [0.05, 0.1) is 12.0 Å². The molecule has 0 aromatic heterocycles. The second kappa shape index (κ2) is 9.97. The standard InChI is InChI=1S/C25H28N2O4S/c1-5-19-8-6-7-9-23(19)26-25(28)20-12-15-24(31-4)21(16-20)17-27(3)32(29,30)22-13-10-18(2)11-14-22/h6-16H,5,17H2,1-4H3,(H,26,28). The Morgan fingerprint density at radius 1 is 1.00 bits per heavy atom. The van der Waals surface area contributed by atoms with E-state index >= 15 is 0 Å². The number of hydrogen-bond donors (Lipinski definition) is 1. The van der Waals surface area contributed by atoms with Gasteiger partial charge in [-0.25, -0.2) is 8.42 Å². The number of carbonyl (C=O) groups is 1. The topological polar surface area (TPSA) is 75.7 Å². The summed E-state index contributed by atoms with van der Waals surface area (Å²) in [5.74, 6) is 0.250. The van der Waals surface area contributed by atoms with E-state index in [2.05, 4.69) is 5.32 Å². The van der Waals surface area contributed by atoms with E-state index in [-0.39, 0.29) is 17.3 Å². The SMILES string of the molecule is CCc1ccccc1NC(=O)c1ccc(OC)c(CN(C)S(=O)(=O)c2ccc(C)cc2)c1. The van der Waals surface area contributed by atoms with Gasteiger partial charge in [0, 0.05) is 30.4 Å². The summed E-state index contributed by atoms with van der Waals surface area (Å²) in [5.41, 5.74) is 3.81. The predicted octanol–water partition coefficient (Wildman–Crippen LogP) is 4.64. The molecule has 0 spiro atoms. The smallest absolute Gasteiger partial charge is 0.255 e. The highest BCUT2D eigenvalue weighted by molar-refractivity contribution is 7.89. The van der Waals surface area contributed by atoms with Crippen LogP contribution in [0.25, 0.3) is 0 Å². The van der Waals surface area contributed by atoms with Gasteiger partial charge in [-0.2, -0.15) is 4.31 Å². The van der Waals surface area contributed by atoms with Crippen molar-refractivity contribution < 1.29 is 17.9 Å². The van der Waals surface area contributed by atoms with Gasteiger partial charge in [0.15, 0.2) is 0 Å². The fourth-order valence-corrected chi connectivity index (χ4v) is 4.55. The first-order chi connectivity index (χ1) is 15.3. The van der Waals surface area contributed by atoms with Crippen molar-refractivity contribution in [2.24, 2.45) is 0 Å². The van der Waals surface area contributed by atoms with Crippen LogP contribution in [0.3, 0.4) is 0 Å². The molecule has 0 bridgehead atoms. The molecule has 0 fully saturated rings. The van der Waals surface area contributed by atoms with Crippen LogP contribution in [0.15, 0.2) is 71.6 Å². The van der Waals surface area contributed by atoms with E-state index in [9.17, 15) is 13.2 Å². The van der Waals surface area contributed by atoms with E-state index in [1.807, 2.05) is 38.1 Å². The van der Waals surface area contributed by atoms with Crippen molar-refractivity contribution in [2.45, 2.75) is 31.7 Å². The molecule has 3 rings (SSSR count). The fraction of sp³-hybridized carbons (Fsp3) is 0.240. The van der Waals surface area contributed by atoms with Crippen LogP contribution in [0.4, 0.5) is 5.69 Å². The molecule has 0 unspecified atom stereocenters. The number of para-hydroxylation sites is 1. The predicted molar refractivity (Wildman–Crippen MR) is 127 cm³/mol. The van der Waals surface area contributed by atoms with Gasteiger partial charge >= 0.3 is 0 Å². The number of ether oxygens (including phenoxy) is 1. The summed E-state index contributed by atoms with van der Waals surface area (Å²) in [6.07, 6.45) is 0.798. The molecule has 0 saturated heterocycles. The maximum atomic E-state index is 13.0. The zero-order valence-corrected chi connectivity index (χ0v) is 19.6. The van der Waals surface area contributed by atoms with Crippen LogP contribution in [0, 0.1) is 6.92 Å². The summed E-state index contributed by atoms with van der Waals surface area (Å²) in [6.45, 7) is 3.99. The van der Waals surface area contributed by atoms with Gasteiger partial charge in [-0.15, -0.1) is 0 Å². The molecule has 0 radical (unpaired) electrons. The highest BCUT2D eigenvalue weighted by Gasteiger charge is 2.22. The molecular formula is C25H28N2O4S. The van der Waals surface area contributed by atoms with Crippen molar-refractivity contribution >= 4 is 21.6 Å². The number of nitrogens with one attached hydrogen (secondary N) is 1. The Hall–Kier alpha value is -3.16. The molecule has 7 heteroatoms. The molecule has 1 amide bonds. The third-order valence-corrected chi connectivity index (χ3v) is 7.13. The first-order valence-electron chi connectivity index (χ1n) is 10.4. The summed E-state index contributed by atoms with van der Waals surface area (Å²) in [4.78, 5) is 13.1. The Balaban J connectivity index is 1.86. The molecule has 32 heavy (non-hydrogen) atoms. The number of benzene rings is 3. The number of sulfonamides is 1. The van der Waals surface area contributed by atoms with Gasteiger partial charge in [0.25, 0.3) is 5.91 Å². The first kappa shape index (κ1) is 23.5. The molecule has 0 atom stereocenters. The molecule has 0 saturated carbocycles. The fourth-order valence-electron chi connectivity index (χ4n) is 3.40. The molecule has 0 heterocycles. The highest BCUT2D eigenvalue weighted by atomic mass is 32.2. The normalized spacial score (nSPS) is 11.4. The van der Waals surface area contributed by atoms with Crippen LogP contribution in [0.2, 0.25) is 0 Å². The van der Waals surface area contributed by atoms with Crippen molar-refractivity contribution in [2.75, 3.05) is 19.5 Å². The molecule has 0 aliphatic rings. The second-order valence-corrected chi connectivity index (χ2v) is 9.61. The van der Waals surface area contributed by atoms with E-state index in [0.29, 0.717) is 16.9 Å². The van der Waals surface area contributed by atoms with Gasteiger partial charge in [-0.1, -0.05) is 42.8 Å². The van der Waals surface area contributed by atoms with E-state index < -0.39 is 10.0 Å². The number of aryl methyl sites for hydroxylation is 2. The van der Waals surface area contributed by atoms with Crippen LogP contribution in [0.1, 0.15) is 34.0 Å². The minimum atomic E-state index is -3.69. The van der Waals surface area contributed by atoms with E-state index in [4.69, 9.17) is 4.74 Å². The van der Waals surface area contributed by atoms with Crippen molar-refractivity contribution in [1.82, 2.24) is 4.31 Å². The minimum absolute atomic E-state index is 0.0616. The second-order valence-electron chi connectivity index (χ2n) is 7.57. The maximum Gasteiger partial charge on any atom is 0.255 e. The Kier molecular flexibility index (Phi) is 7.33. The summed E-state index contributed by atoms with van der Waals surface area (Å²) in [5, 5.41) is 2.95. The van der Waals surface area contributed by atoms with E-state index in [0.717, 1.165) is 23.2 Å². The number of anilines is 1. The number of amides is 1. The van der Waals surface area contributed by atoms with Gasteiger partial charge in [0.2, 0.25) is 10.0 Å². The summed E-state index contributed by atoms with van der Waals surface area (Å²) in [7, 11) is -0.661. The van der Waals surface area contributed by atoms with Gasteiger partial charge in [0.1, 0.15) is 5.75 Å². The zero-order valence-electron chi connectivity index (χ0n) is 18.8. The average molecular weight is 453 g/mol. The Morgan fingerprint density at radius 3 is 2.34 bits per heavy atom. The number of methoxy groups -OCH3 is 1. The van der Waals surface area contributed by atoms with Gasteiger partial charge < -0.3 is 10.1 Å². The van der Waals surface area contributed by atoms with Crippen LogP contribution < -0.4 is 10.1 Å². The lowest BCUT2D eigenvalue weighted by atomic mass is 10.1. The first-order valence-corrected chi connectivity index (χ1v) is 11.8. The summed E-state index contributed by atoms with van der Waals surface area (Å²) in [6, 6.07) is 19.4. The molecular weight excluding hydrogens is 424 g/mol. The lowest BCUT2D eigenvalue weighted by Gasteiger charge is -2.19. The van der Waals surface area contributed by atoms with Crippen molar-refractivity contribution in [1.29, 1.82) is 0 Å². The molecule has 0 aliphatic carbocycles. The van der Waals surface area contributed by atoms with Crippen LogP contribution in [-0.2, 0) is 23.0 Å². The van der Waals surface area contributed by atoms with Crippen molar-refractivity contribution in [3.05, 3.63) is 89.0 Å². The quantitative estimate of drug-likeness (QED) is 0.540. The zero-order chi connectivity index (χ0) is 23.3. The number of nitrogens with zero attached hydrogens (tertiary/aromatic N) is 1. The Morgan fingerprint density at radius 2 is 1.69 bits per heavy atom. The minimum Gasteiger partial charge on any atom is -0.496 e. The van der Waals surface area contributed by atoms with Crippen LogP contribution in [-0.4, -0.2) is 32.8 Å². The number of hydrogen-bond acceptors (Lipinski definition) is 4. The molecule has 0 aliphatic heterocycles. The lowest BCUT2D eigenvalue weighted by molar-refractivity contribution is 0.102. The number of carbonyl (C=O) groups excluding carboxylic acids is 1. The third-order valence-electron chi connectivity index (χ3n) is 5.31. The monoisotopic (exact) mass is 452 g/mol. The Bertz CT molecular complexity index is 1200. The van der Waals surface area contributed by atoms with Crippen LogP contribution >= 0.6 is 0 Å². The molecule has 1 N–H and O–H groups in total. The van der Waals surface area contributed by atoms with Crippen molar-refractivity contribution in [3.63, 3.8) is 0 Å². The highest BCUT2D eigenvalue weighted by Crippen LogP contribution is 2.25. The average Bonchev–Trinajstić information content (AvgIpc) is 2.79. The molecule has 3 aromatic rings. The Labute approximate surface area is 189 Å². The van der Waals surface area contributed by atoms with Crippen molar-refractivity contribution in [3.8, 4) is 5.75 Å². The van der Waals surface area contributed by atoms with E-state index in [1.54, 1.807) is 42.5 Å². The number of rotatable bonds is 8. The molecule has 6 nitrogen and oxygen atoms in total.